The highest BCUT2D eigenvalue weighted by molar-refractivity contribution is 7.89. The summed E-state index contributed by atoms with van der Waals surface area (Å²) in [6.07, 6.45) is 3.09. The van der Waals surface area contributed by atoms with Gasteiger partial charge in [0.15, 0.2) is 0 Å². The second-order valence-corrected chi connectivity index (χ2v) is 7.24. The van der Waals surface area contributed by atoms with Crippen LogP contribution >= 0.6 is 0 Å². The highest BCUT2D eigenvalue weighted by Crippen LogP contribution is 2.31. The maximum Gasteiger partial charge on any atom is 0.303 e. The fourth-order valence-corrected chi connectivity index (χ4v) is 3.95. The first-order valence-corrected chi connectivity index (χ1v) is 8.83. The van der Waals surface area contributed by atoms with E-state index >= 15 is 0 Å². The summed E-state index contributed by atoms with van der Waals surface area (Å²) in [4.78, 5) is 10.4. The lowest BCUT2D eigenvalue weighted by Gasteiger charge is -2.40. The third kappa shape index (κ3) is 5.38. The summed E-state index contributed by atoms with van der Waals surface area (Å²) >= 11 is 0. The van der Waals surface area contributed by atoms with Gasteiger partial charge in [-0.3, -0.25) is 4.79 Å². The topological polar surface area (TPSA) is 92.7 Å². The van der Waals surface area contributed by atoms with Crippen LogP contribution in [0.5, 0.6) is 0 Å². The Kier molecular flexibility index (Phi) is 6.42. The fraction of sp³-hybridized carbons (Fsp3) is 0.923. The fourth-order valence-electron chi connectivity index (χ4n) is 2.60. The van der Waals surface area contributed by atoms with E-state index in [1.165, 1.54) is 0 Å². The summed E-state index contributed by atoms with van der Waals surface area (Å²) in [6.45, 7) is 4.66. The van der Waals surface area contributed by atoms with E-state index in [4.69, 9.17) is 9.84 Å². The molecule has 1 fully saturated rings. The molecule has 0 saturated carbocycles. The molecule has 118 valence electrons. The Morgan fingerprint density at radius 1 is 1.40 bits per heavy atom. The van der Waals surface area contributed by atoms with Gasteiger partial charge in [-0.25, -0.2) is 13.1 Å². The average Bonchev–Trinajstić information content (AvgIpc) is 2.37. The van der Waals surface area contributed by atoms with Crippen LogP contribution in [0, 0.1) is 0 Å². The van der Waals surface area contributed by atoms with Gasteiger partial charge >= 0.3 is 5.97 Å². The number of rotatable bonds is 8. The van der Waals surface area contributed by atoms with Gasteiger partial charge in [-0.05, 0) is 32.1 Å². The number of carbonyl (C=O) groups is 1. The monoisotopic (exact) mass is 307 g/mol. The molecule has 0 spiro atoms. The molecule has 0 bridgehead atoms. The van der Waals surface area contributed by atoms with Crippen molar-refractivity contribution in [1.82, 2.24) is 4.72 Å². The SMILES string of the molecule is CCC1(CC)CC(NS(=O)(=O)CCCC(=O)O)CCO1. The molecule has 1 aliphatic rings. The number of nitrogens with one attached hydrogen (secondary N) is 1. The molecule has 1 heterocycles. The highest BCUT2D eigenvalue weighted by Gasteiger charge is 2.35. The third-order valence-electron chi connectivity index (χ3n) is 3.93. The van der Waals surface area contributed by atoms with E-state index < -0.39 is 16.0 Å². The number of aliphatic carboxylic acids is 1. The Labute approximate surface area is 120 Å². The van der Waals surface area contributed by atoms with Crippen molar-refractivity contribution >= 4 is 16.0 Å². The minimum Gasteiger partial charge on any atom is -0.481 e. The van der Waals surface area contributed by atoms with Crippen LogP contribution in [0.2, 0.25) is 0 Å². The van der Waals surface area contributed by atoms with Crippen LogP contribution in [-0.2, 0) is 19.6 Å². The maximum atomic E-state index is 11.9. The van der Waals surface area contributed by atoms with E-state index in [0.29, 0.717) is 19.4 Å². The summed E-state index contributed by atoms with van der Waals surface area (Å²) in [5, 5.41) is 8.53. The van der Waals surface area contributed by atoms with E-state index in [0.717, 1.165) is 12.8 Å². The predicted molar refractivity (Wildman–Crippen MR) is 76.1 cm³/mol. The molecular formula is C13H25NO5S. The summed E-state index contributed by atoms with van der Waals surface area (Å²) in [6, 6.07) is -0.113. The van der Waals surface area contributed by atoms with Crippen molar-refractivity contribution < 1.29 is 23.1 Å². The first-order valence-electron chi connectivity index (χ1n) is 7.18. The van der Waals surface area contributed by atoms with Gasteiger partial charge in [0, 0.05) is 19.1 Å². The van der Waals surface area contributed by atoms with Gasteiger partial charge in [0.05, 0.1) is 11.4 Å². The van der Waals surface area contributed by atoms with Gasteiger partial charge in [-0.2, -0.15) is 0 Å². The van der Waals surface area contributed by atoms with E-state index in [1.54, 1.807) is 0 Å². The van der Waals surface area contributed by atoms with E-state index in [2.05, 4.69) is 4.72 Å². The number of ether oxygens (including phenoxy) is 1. The van der Waals surface area contributed by atoms with Crippen molar-refractivity contribution in [3.63, 3.8) is 0 Å². The molecule has 0 amide bonds. The number of sulfonamides is 1. The van der Waals surface area contributed by atoms with Gasteiger partial charge in [-0.15, -0.1) is 0 Å². The van der Waals surface area contributed by atoms with Crippen molar-refractivity contribution in [2.24, 2.45) is 0 Å². The average molecular weight is 307 g/mol. The standard InChI is InChI=1S/C13H25NO5S/c1-3-13(4-2)10-11(7-8-19-13)14-20(17,18)9-5-6-12(15)16/h11,14H,3-10H2,1-2H3,(H,15,16). The van der Waals surface area contributed by atoms with Crippen LogP contribution < -0.4 is 4.72 Å². The van der Waals surface area contributed by atoms with Crippen molar-refractivity contribution in [3.8, 4) is 0 Å². The molecule has 0 aliphatic carbocycles. The molecule has 1 saturated heterocycles. The Bertz CT molecular complexity index is 416. The summed E-state index contributed by atoms with van der Waals surface area (Å²) < 4.78 is 32.3. The molecule has 0 aromatic rings. The number of hydrogen-bond acceptors (Lipinski definition) is 4. The third-order valence-corrected chi connectivity index (χ3v) is 5.45. The van der Waals surface area contributed by atoms with E-state index in [9.17, 15) is 13.2 Å². The molecule has 20 heavy (non-hydrogen) atoms. The second-order valence-electron chi connectivity index (χ2n) is 5.36. The van der Waals surface area contributed by atoms with E-state index in [1.807, 2.05) is 13.8 Å². The Hall–Kier alpha value is -0.660. The Morgan fingerprint density at radius 3 is 2.60 bits per heavy atom. The highest BCUT2D eigenvalue weighted by atomic mass is 32.2. The maximum absolute atomic E-state index is 11.9. The molecule has 1 atom stereocenters. The Balaban J connectivity index is 2.52. The quantitative estimate of drug-likeness (QED) is 0.709. The molecule has 2 N–H and O–H groups in total. The molecular weight excluding hydrogens is 282 g/mol. The normalized spacial score (nSPS) is 22.6. The van der Waals surface area contributed by atoms with Gasteiger partial charge < -0.3 is 9.84 Å². The zero-order valence-electron chi connectivity index (χ0n) is 12.2. The van der Waals surface area contributed by atoms with Gasteiger partial charge in [0.25, 0.3) is 0 Å². The zero-order chi connectivity index (χ0) is 15.2. The van der Waals surface area contributed by atoms with Gasteiger partial charge in [0.1, 0.15) is 0 Å². The van der Waals surface area contributed by atoms with Crippen molar-refractivity contribution in [3.05, 3.63) is 0 Å². The second kappa shape index (κ2) is 7.38. The van der Waals surface area contributed by atoms with Crippen LogP contribution in [0.25, 0.3) is 0 Å². The van der Waals surface area contributed by atoms with Crippen molar-refractivity contribution in [1.29, 1.82) is 0 Å². The number of hydrogen-bond donors (Lipinski definition) is 2. The van der Waals surface area contributed by atoms with Crippen LogP contribution in [0.3, 0.4) is 0 Å². The molecule has 6 nitrogen and oxygen atoms in total. The molecule has 0 aromatic heterocycles. The molecule has 1 unspecified atom stereocenters. The van der Waals surface area contributed by atoms with Crippen LogP contribution in [-0.4, -0.2) is 43.5 Å². The van der Waals surface area contributed by atoms with Gasteiger partial charge in [0.2, 0.25) is 10.0 Å². The smallest absolute Gasteiger partial charge is 0.303 e. The largest absolute Gasteiger partial charge is 0.481 e. The zero-order valence-corrected chi connectivity index (χ0v) is 13.0. The van der Waals surface area contributed by atoms with Gasteiger partial charge in [-0.1, -0.05) is 13.8 Å². The lowest BCUT2D eigenvalue weighted by molar-refractivity contribution is -0.137. The number of carboxylic acid groups (broad SMARTS) is 1. The summed E-state index contributed by atoms with van der Waals surface area (Å²) in [7, 11) is -3.41. The lowest BCUT2D eigenvalue weighted by atomic mass is 9.86. The summed E-state index contributed by atoms with van der Waals surface area (Å²) in [5.74, 6) is -1.11. The molecule has 0 aromatic carbocycles. The van der Waals surface area contributed by atoms with Crippen LogP contribution in [0.15, 0.2) is 0 Å². The Morgan fingerprint density at radius 2 is 2.05 bits per heavy atom. The molecule has 0 radical (unpaired) electrons. The van der Waals surface area contributed by atoms with E-state index in [-0.39, 0.29) is 30.2 Å². The van der Waals surface area contributed by atoms with Crippen molar-refractivity contribution in [2.45, 2.75) is 64.0 Å². The minimum absolute atomic E-state index is 0.113. The van der Waals surface area contributed by atoms with Crippen LogP contribution in [0.1, 0.15) is 52.4 Å². The van der Waals surface area contributed by atoms with Crippen molar-refractivity contribution in [2.75, 3.05) is 12.4 Å². The predicted octanol–water partition coefficient (Wildman–Crippen LogP) is 1.51. The first kappa shape index (κ1) is 17.4. The lowest BCUT2D eigenvalue weighted by Crippen LogP contribution is -2.48. The summed E-state index contributed by atoms with van der Waals surface area (Å²) in [5.41, 5.74) is -0.230. The minimum atomic E-state index is -3.41. The molecule has 1 aliphatic heterocycles. The molecule has 1 rings (SSSR count). The number of carboxylic acids is 1. The molecule has 7 heteroatoms. The van der Waals surface area contributed by atoms with Crippen LogP contribution in [0.4, 0.5) is 0 Å². The first-order chi connectivity index (χ1) is 9.32.